The van der Waals surface area contributed by atoms with E-state index in [2.05, 4.69) is 16.0 Å². The van der Waals surface area contributed by atoms with Crippen molar-refractivity contribution >= 4 is 29.7 Å². The fraction of sp³-hybridized carbons (Fsp3) is 0.762. The Hall–Kier alpha value is -2.77. The maximum atomic E-state index is 13.0. The molecule has 0 aromatic heterocycles. The largest absolute Gasteiger partial charge is 0.481 e. The zero-order chi connectivity index (χ0) is 26.4. The number of hydrogen-bond acceptors (Lipinski definition) is 8. The molecule has 0 aliphatic rings. The maximum absolute atomic E-state index is 13.0. The number of unbranched alkanes of at least 4 members (excludes halogenated alkanes) is 1. The Bertz CT molecular complexity index is 703. The fourth-order valence-electron chi connectivity index (χ4n) is 2.99. The lowest BCUT2D eigenvalue weighted by Gasteiger charge is -2.28. The minimum absolute atomic E-state index is 0.112. The minimum Gasteiger partial charge on any atom is -0.481 e. The van der Waals surface area contributed by atoms with Crippen molar-refractivity contribution in [2.75, 3.05) is 6.54 Å². The summed E-state index contributed by atoms with van der Waals surface area (Å²) in [4.78, 5) is 60.6. The van der Waals surface area contributed by atoms with Gasteiger partial charge in [0.1, 0.15) is 24.2 Å². The van der Waals surface area contributed by atoms with Crippen molar-refractivity contribution in [1.82, 2.24) is 16.0 Å². The number of carbonyl (C=O) groups excluding carboxylic acids is 3. The summed E-state index contributed by atoms with van der Waals surface area (Å²) < 4.78 is 0. The first kappa shape index (κ1) is 31.2. The number of nitrogens with one attached hydrogen (secondary N) is 3. The summed E-state index contributed by atoms with van der Waals surface area (Å²) in [5, 5.41) is 35.2. The molecule has 6 unspecified atom stereocenters. The number of nitrogens with two attached hydrogens (primary N) is 2. The molecule has 0 aromatic carbocycles. The van der Waals surface area contributed by atoms with Gasteiger partial charge in [-0.1, -0.05) is 20.3 Å². The van der Waals surface area contributed by atoms with E-state index in [4.69, 9.17) is 16.6 Å². The van der Waals surface area contributed by atoms with Crippen LogP contribution >= 0.6 is 0 Å². The topological polar surface area (TPSA) is 234 Å². The van der Waals surface area contributed by atoms with E-state index in [1.807, 2.05) is 0 Å². The first-order valence-corrected chi connectivity index (χ1v) is 11.3. The standard InChI is InChI=1S/C21H39N5O8/c1-4-11(2)17(26-19(31)16(23)12(3)27)20(32)24-13(8-9-15(28)29)18(30)25-14(21(33)34)7-5-6-10-22/h11-14,16-17,27H,4-10,22-23H2,1-3H3,(H,24,32)(H,25,30)(H,26,31)(H,28,29)(H,33,34). The number of aliphatic carboxylic acids is 2. The molecule has 0 aromatic rings. The lowest BCUT2D eigenvalue weighted by molar-refractivity contribution is -0.143. The minimum atomic E-state index is -1.35. The van der Waals surface area contributed by atoms with Gasteiger partial charge in [0.15, 0.2) is 0 Å². The number of hydrogen-bond donors (Lipinski definition) is 8. The number of carboxylic acid groups (broad SMARTS) is 2. The molecule has 13 nitrogen and oxygen atoms in total. The highest BCUT2D eigenvalue weighted by Gasteiger charge is 2.33. The Labute approximate surface area is 199 Å². The molecule has 0 rings (SSSR count). The van der Waals surface area contributed by atoms with E-state index in [-0.39, 0.29) is 12.8 Å². The second-order valence-electron chi connectivity index (χ2n) is 8.32. The van der Waals surface area contributed by atoms with Crippen molar-refractivity contribution < 1.29 is 39.3 Å². The van der Waals surface area contributed by atoms with E-state index in [1.165, 1.54) is 6.92 Å². The predicted octanol–water partition coefficient (Wildman–Crippen LogP) is -1.73. The molecule has 10 N–H and O–H groups in total. The van der Waals surface area contributed by atoms with E-state index in [0.29, 0.717) is 25.8 Å². The van der Waals surface area contributed by atoms with E-state index in [1.54, 1.807) is 13.8 Å². The Morgan fingerprint density at radius 2 is 1.44 bits per heavy atom. The molecule has 0 aliphatic heterocycles. The van der Waals surface area contributed by atoms with Crippen LogP contribution in [0, 0.1) is 5.92 Å². The number of rotatable bonds is 17. The van der Waals surface area contributed by atoms with Gasteiger partial charge in [-0.25, -0.2) is 4.79 Å². The average Bonchev–Trinajstić information content (AvgIpc) is 2.77. The normalized spacial score (nSPS) is 16.3. The molecule has 13 heteroatoms. The smallest absolute Gasteiger partial charge is 0.326 e. The molecule has 0 aliphatic carbocycles. The molecule has 0 bridgehead atoms. The molecule has 6 atom stereocenters. The summed E-state index contributed by atoms with van der Waals surface area (Å²) in [6.45, 7) is 5.14. The molecule has 0 saturated carbocycles. The Kier molecular flexibility index (Phi) is 14.7. The van der Waals surface area contributed by atoms with E-state index in [9.17, 15) is 34.2 Å². The second-order valence-corrected chi connectivity index (χ2v) is 8.32. The molecular weight excluding hydrogens is 450 g/mol. The SMILES string of the molecule is CCC(C)C(NC(=O)C(N)C(C)O)C(=O)NC(CCC(=O)O)C(=O)NC(CCCCN)C(=O)O. The summed E-state index contributed by atoms with van der Waals surface area (Å²) in [6, 6.07) is -5.00. The fourth-order valence-corrected chi connectivity index (χ4v) is 2.99. The quantitative estimate of drug-likeness (QED) is 0.107. The van der Waals surface area contributed by atoms with Crippen LogP contribution in [0.3, 0.4) is 0 Å². The Balaban J connectivity index is 5.58. The Morgan fingerprint density at radius 3 is 1.91 bits per heavy atom. The van der Waals surface area contributed by atoms with Crippen molar-refractivity contribution in [1.29, 1.82) is 0 Å². The summed E-state index contributed by atoms with van der Waals surface area (Å²) in [6.07, 6.45) is -0.332. The Morgan fingerprint density at radius 1 is 0.853 bits per heavy atom. The van der Waals surface area contributed by atoms with Crippen molar-refractivity contribution in [3.63, 3.8) is 0 Å². The highest BCUT2D eigenvalue weighted by molar-refractivity contribution is 5.94. The first-order valence-electron chi connectivity index (χ1n) is 11.3. The van der Waals surface area contributed by atoms with Gasteiger partial charge in [-0.15, -0.1) is 0 Å². The molecular formula is C21H39N5O8. The van der Waals surface area contributed by atoms with E-state index in [0.717, 1.165) is 0 Å². The number of amides is 3. The van der Waals surface area contributed by atoms with Gasteiger partial charge in [-0.3, -0.25) is 19.2 Å². The van der Waals surface area contributed by atoms with Crippen LogP contribution in [0.25, 0.3) is 0 Å². The molecule has 0 fully saturated rings. The van der Waals surface area contributed by atoms with E-state index < -0.39 is 72.3 Å². The molecule has 0 heterocycles. The summed E-state index contributed by atoms with van der Waals surface area (Å²) in [5.41, 5.74) is 11.0. The first-order chi connectivity index (χ1) is 15.8. The van der Waals surface area contributed by atoms with Gasteiger partial charge < -0.3 is 42.7 Å². The maximum Gasteiger partial charge on any atom is 0.326 e. The van der Waals surface area contributed by atoms with Gasteiger partial charge in [0, 0.05) is 6.42 Å². The zero-order valence-corrected chi connectivity index (χ0v) is 20.0. The second kappa shape index (κ2) is 16.0. The highest BCUT2D eigenvalue weighted by Crippen LogP contribution is 2.11. The third-order valence-electron chi connectivity index (χ3n) is 5.46. The van der Waals surface area contributed by atoms with Crippen LogP contribution in [0.4, 0.5) is 0 Å². The van der Waals surface area contributed by atoms with Gasteiger partial charge in [-0.05, 0) is 45.1 Å². The summed E-state index contributed by atoms with van der Waals surface area (Å²) in [5.74, 6) is -5.26. The number of carboxylic acids is 2. The molecule has 3 amide bonds. The number of aliphatic hydroxyl groups is 1. The lowest BCUT2D eigenvalue weighted by atomic mass is 9.96. The van der Waals surface area contributed by atoms with Crippen LogP contribution in [0.2, 0.25) is 0 Å². The van der Waals surface area contributed by atoms with Crippen LogP contribution in [0.5, 0.6) is 0 Å². The number of carbonyl (C=O) groups is 5. The predicted molar refractivity (Wildman–Crippen MR) is 122 cm³/mol. The van der Waals surface area contributed by atoms with Gasteiger partial charge in [0.25, 0.3) is 0 Å². The van der Waals surface area contributed by atoms with Gasteiger partial charge in [0.05, 0.1) is 6.10 Å². The lowest BCUT2D eigenvalue weighted by Crippen LogP contribution is -2.59. The van der Waals surface area contributed by atoms with Gasteiger partial charge in [-0.2, -0.15) is 0 Å². The van der Waals surface area contributed by atoms with Gasteiger partial charge >= 0.3 is 11.9 Å². The summed E-state index contributed by atoms with van der Waals surface area (Å²) >= 11 is 0. The molecule has 196 valence electrons. The summed E-state index contributed by atoms with van der Waals surface area (Å²) in [7, 11) is 0. The third-order valence-corrected chi connectivity index (χ3v) is 5.46. The van der Waals surface area contributed by atoms with Crippen LogP contribution < -0.4 is 27.4 Å². The zero-order valence-electron chi connectivity index (χ0n) is 20.0. The van der Waals surface area contributed by atoms with Crippen molar-refractivity contribution in [2.24, 2.45) is 17.4 Å². The molecule has 0 radical (unpaired) electrons. The average molecular weight is 490 g/mol. The van der Waals surface area contributed by atoms with Crippen LogP contribution in [-0.4, -0.2) is 81.8 Å². The highest BCUT2D eigenvalue weighted by atomic mass is 16.4. The third kappa shape index (κ3) is 11.4. The van der Waals surface area contributed by atoms with Gasteiger partial charge in [0.2, 0.25) is 17.7 Å². The van der Waals surface area contributed by atoms with E-state index >= 15 is 0 Å². The monoisotopic (exact) mass is 489 g/mol. The molecule has 0 spiro atoms. The van der Waals surface area contributed by atoms with Crippen LogP contribution in [-0.2, 0) is 24.0 Å². The van der Waals surface area contributed by atoms with Crippen molar-refractivity contribution in [2.45, 2.75) is 89.6 Å². The van der Waals surface area contributed by atoms with Crippen LogP contribution in [0.1, 0.15) is 59.3 Å². The number of aliphatic hydroxyl groups excluding tert-OH is 1. The van der Waals surface area contributed by atoms with Crippen molar-refractivity contribution in [3.05, 3.63) is 0 Å². The molecule has 0 saturated heterocycles. The van der Waals surface area contributed by atoms with Crippen LogP contribution in [0.15, 0.2) is 0 Å². The van der Waals surface area contributed by atoms with Crippen molar-refractivity contribution in [3.8, 4) is 0 Å². The molecule has 34 heavy (non-hydrogen) atoms.